The number of hydrogen-bond acceptors (Lipinski definition) is 7. The van der Waals surface area contributed by atoms with E-state index < -0.39 is 35.6 Å². The molecule has 3 rings (SSSR count). The molecule has 0 saturated heterocycles. The van der Waals surface area contributed by atoms with E-state index in [-0.39, 0.29) is 47.8 Å². The molecule has 0 bridgehead atoms. The Hall–Kier alpha value is -5.01. The van der Waals surface area contributed by atoms with E-state index in [0.717, 1.165) is 26.2 Å². The van der Waals surface area contributed by atoms with Crippen molar-refractivity contribution in [2.45, 2.75) is 25.5 Å². The number of ether oxygens (including phenoxy) is 1. The number of carbonyl (C=O) groups is 4. The molecular weight excluding hydrogens is 527 g/mol. The van der Waals surface area contributed by atoms with Crippen LogP contribution in [0.15, 0.2) is 53.5 Å². The molecule has 0 radical (unpaired) electrons. The fourth-order valence-electron chi connectivity index (χ4n) is 3.60. The summed E-state index contributed by atoms with van der Waals surface area (Å²) in [7, 11) is 6.07. The number of carboxylic acid groups (broad SMARTS) is 1. The van der Waals surface area contributed by atoms with Gasteiger partial charge in [-0.3, -0.25) is 14.4 Å². The van der Waals surface area contributed by atoms with Gasteiger partial charge in [0.15, 0.2) is 6.10 Å². The van der Waals surface area contributed by atoms with Gasteiger partial charge in [-0.15, -0.1) is 0 Å². The molecule has 0 saturated carbocycles. The number of rotatable bonds is 9. The molecule has 0 aliphatic heterocycles. The summed E-state index contributed by atoms with van der Waals surface area (Å²) in [6, 6.07) is 6.26. The minimum Gasteiger partial charge on any atom is -0.464 e. The van der Waals surface area contributed by atoms with Gasteiger partial charge in [0.1, 0.15) is 17.3 Å². The smallest absolute Gasteiger partial charge is 0.417 e. The number of fused-ring (bicyclic) bond motifs is 1. The zero-order valence-electron chi connectivity index (χ0n) is 22.3. The van der Waals surface area contributed by atoms with E-state index >= 15 is 0 Å². The highest BCUT2D eigenvalue weighted by Crippen LogP contribution is 2.18. The van der Waals surface area contributed by atoms with Crippen LogP contribution in [0.3, 0.4) is 0 Å². The van der Waals surface area contributed by atoms with Gasteiger partial charge >= 0.3 is 12.2 Å². The average molecular weight is 557 g/mol. The van der Waals surface area contributed by atoms with Crippen molar-refractivity contribution < 1.29 is 33.4 Å². The van der Waals surface area contributed by atoms with E-state index in [0.29, 0.717) is 0 Å². The number of carbonyl (C=O) groups excluding carboxylic acids is 3. The fraction of sp³-hybridized carbons (Fsp3) is 0.308. The Bertz CT molecular complexity index is 1530. The van der Waals surface area contributed by atoms with Crippen LogP contribution in [-0.4, -0.2) is 87.3 Å². The Labute approximate surface area is 228 Å². The molecule has 0 aliphatic carbocycles. The zero-order chi connectivity index (χ0) is 29.6. The number of imidazole rings is 1. The molecule has 2 N–H and O–H groups in total. The Balaban J connectivity index is 1.83. The number of aromatic nitrogens is 3. The number of pyridine rings is 1. The molecule has 212 valence electrons. The third-order valence-corrected chi connectivity index (χ3v) is 5.66. The summed E-state index contributed by atoms with van der Waals surface area (Å²) >= 11 is 0. The maximum atomic E-state index is 13.7. The summed E-state index contributed by atoms with van der Waals surface area (Å²) in [5, 5.41) is 12.1. The van der Waals surface area contributed by atoms with Crippen LogP contribution in [0.5, 0.6) is 0 Å². The third kappa shape index (κ3) is 7.09. The number of hydrogen-bond donors (Lipinski definition) is 2. The molecule has 14 heteroatoms. The third-order valence-electron chi connectivity index (χ3n) is 5.66. The highest BCUT2D eigenvalue weighted by molar-refractivity contribution is 5.95. The number of allylic oxidation sites excluding steroid dienone is 1. The van der Waals surface area contributed by atoms with Crippen molar-refractivity contribution in [3.8, 4) is 0 Å². The number of likely N-dealkylation sites (N-methyl/N-ethyl adjacent to an activating group) is 1. The van der Waals surface area contributed by atoms with Crippen LogP contribution < -0.4 is 10.9 Å². The van der Waals surface area contributed by atoms with Crippen LogP contribution in [0.1, 0.15) is 18.7 Å². The number of anilines is 1. The summed E-state index contributed by atoms with van der Waals surface area (Å²) in [4.78, 5) is 68.6. The van der Waals surface area contributed by atoms with E-state index in [1.165, 1.54) is 49.5 Å². The normalized spacial score (nSPS) is 11.8. The summed E-state index contributed by atoms with van der Waals surface area (Å²) in [5.41, 5.74) is -0.587. The van der Waals surface area contributed by atoms with Gasteiger partial charge in [0.2, 0.25) is 5.91 Å². The highest BCUT2D eigenvalue weighted by atomic mass is 19.1. The zero-order valence-corrected chi connectivity index (χ0v) is 22.3. The molecule has 40 heavy (non-hydrogen) atoms. The Morgan fingerprint density at radius 1 is 1.15 bits per heavy atom. The number of nitrogens with zero attached hydrogens (tertiary/aromatic N) is 5. The predicted octanol–water partition coefficient (Wildman–Crippen LogP) is 2.34. The average Bonchev–Trinajstić information content (AvgIpc) is 3.24. The van der Waals surface area contributed by atoms with E-state index in [4.69, 9.17) is 4.74 Å². The molecule has 1 aromatic carbocycles. The lowest BCUT2D eigenvalue weighted by atomic mass is 10.1. The fourth-order valence-corrected chi connectivity index (χ4v) is 3.60. The molecule has 2 aromatic heterocycles. The van der Waals surface area contributed by atoms with E-state index in [1.807, 2.05) is 0 Å². The van der Waals surface area contributed by atoms with Crippen molar-refractivity contribution >= 4 is 40.7 Å². The van der Waals surface area contributed by atoms with E-state index in [9.17, 15) is 33.5 Å². The van der Waals surface area contributed by atoms with Gasteiger partial charge in [-0.2, -0.15) is 0 Å². The molecule has 1 unspecified atom stereocenters. The molecule has 13 nitrogen and oxygen atoms in total. The summed E-state index contributed by atoms with van der Waals surface area (Å²) < 4.78 is 20.9. The monoisotopic (exact) mass is 556 g/mol. The molecule has 3 aromatic rings. The first kappa shape index (κ1) is 29.5. The highest BCUT2D eigenvalue weighted by Gasteiger charge is 2.25. The Morgan fingerprint density at radius 3 is 2.52 bits per heavy atom. The van der Waals surface area contributed by atoms with Crippen molar-refractivity contribution in [1.82, 2.24) is 23.9 Å². The summed E-state index contributed by atoms with van der Waals surface area (Å²) in [6.45, 7) is -0.297. The van der Waals surface area contributed by atoms with Crippen LogP contribution >= 0.6 is 0 Å². The molecule has 0 spiro atoms. The number of amides is 3. The molecule has 2 heterocycles. The summed E-state index contributed by atoms with van der Waals surface area (Å²) in [6.07, 6.45) is 1.08. The first-order valence-corrected chi connectivity index (χ1v) is 12.0. The van der Waals surface area contributed by atoms with Gasteiger partial charge in [0.25, 0.3) is 11.5 Å². The molecule has 0 aliphatic rings. The maximum absolute atomic E-state index is 13.7. The SMILES string of the molecule is CN(C)C(=O)/C=C/CCC(OC(=O)N(C)C)C(=O)Nc1cccn(Cc2nc3cc(F)ccc3n2C(=O)O)c1=O. The van der Waals surface area contributed by atoms with Crippen LogP contribution in [0.2, 0.25) is 0 Å². The largest absolute Gasteiger partial charge is 0.464 e. The molecular formula is C26H29FN6O7. The van der Waals surface area contributed by atoms with Crippen molar-refractivity contribution in [3.63, 3.8) is 0 Å². The second-order valence-corrected chi connectivity index (χ2v) is 9.10. The number of nitrogens with one attached hydrogen (secondary N) is 1. The lowest BCUT2D eigenvalue weighted by Crippen LogP contribution is -2.37. The van der Waals surface area contributed by atoms with Crippen molar-refractivity contribution in [2.75, 3.05) is 33.5 Å². The topological polar surface area (TPSA) is 156 Å². The lowest BCUT2D eigenvalue weighted by molar-refractivity contribution is -0.125. The minimum atomic E-state index is -1.37. The number of halogens is 1. The number of benzene rings is 1. The summed E-state index contributed by atoms with van der Waals surface area (Å²) in [5.74, 6) is -1.67. The van der Waals surface area contributed by atoms with Crippen LogP contribution in [0.4, 0.5) is 19.7 Å². The molecule has 3 amide bonds. The van der Waals surface area contributed by atoms with Crippen molar-refractivity contribution in [1.29, 1.82) is 0 Å². The minimum absolute atomic E-state index is 0.0306. The van der Waals surface area contributed by atoms with Gasteiger partial charge in [-0.25, -0.2) is 23.5 Å². The van der Waals surface area contributed by atoms with Crippen LogP contribution in [0, 0.1) is 5.82 Å². The second kappa shape index (κ2) is 12.7. The Kier molecular flexibility index (Phi) is 9.37. The lowest BCUT2D eigenvalue weighted by Gasteiger charge is -2.19. The Morgan fingerprint density at radius 2 is 1.88 bits per heavy atom. The van der Waals surface area contributed by atoms with Gasteiger partial charge < -0.3 is 29.5 Å². The van der Waals surface area contributed by atoms with Gasteiger partial charge in [-0.05, 0) is 43.2 Å². The van der Waals surface area contributed by atoms with E-state index in [2.05, 4.69) is 10.3 Å². The van der Waals surface area contributed by atoms with Gasteiger partial charge in [0, 0.05) is 40.5 Å². The van der Waals surface area contributed by atoms with Crippen molar-refractivity contribution in [2.24, 2.45) is 0 Å². The first-order valence-electron chi connectivity index (χ1n) is 12.0. The van der Waals surface area contributed by atoms with Gasteiger partial charge in [0.05, 0.1) is 17.6 Å². The van der Waals surface area contributed by atoms with Gasteiger partial charge in [-0.1, -0.05) is 6.08 Å². The van der Waals surface area contributed by atoms with Crippen LogP contribution in [0.25, 0.3) is 11.0 Å². The molecule has 0 fully saturated rings. The standard InChI is InChI=1S/C26H29FN6O7/c1-30(2)22(34)10-6-5-9-20(40-26(39)31(3)4)23(35)29-17-8-7-13-32(24(17)36)15-21-28-18-14-16(27)11-12-19(18)33(21)25(37)38/h6-8,10-14,20H,5,9,15H2,1-4H3,(H,29,35)(H,37,38)/b10-6+. The van der Waals surface area contributed by atoms with E-state index in [1.54, 1.807) is 20.2 Å². The predicted molar refractivity (Wildman–Crippen MR) is 143 cm³/mol. The maximum Gasteiger partial charge on any atom is 0.417 e. The molecule has 1 atom stereocenters. The quantitative estimate of drug-likeness (QED) is 0.381. The second-order valence-electron chi connectivity index (χ2n) is 9.10. The van der Waals surface area contributed by atoms with Crippen LogP contribution in [-0.2, 0) is 20.9 Å². The van der Waals surface area contributed by atoms with Crippen molar-refractivity contribution in [3.05, 3.63) is 70.7 Å². The first-order chi connectivity index (χ1) is 18.9.